The van der Waals surface area contributed by atoms with E-state index in [4.69, 9.17) is 0 Å². The molecule has 2 heterocycles. The van der Waals surface area contributed by atoms with Crippen molar-refractivity contribution in [1.29, 1.82) is 0 Å². The zero-order chi connectivity index (χ0) is 16.1. The van der Waals surface area contributed by atoms with Crippen LogP contribution in [0.4, 0.5) is 0 Å². The summed E-state index contributed by atoms with van der Waals surface area (Å²) < 4.78 is 1.50. The van der Waals surface area contributed by atoms with Crippen molar-refractivity contribution in [3.05, 3.63) is 42.2 Å². The molecule has 1 aromatic heterocycles. The smallest absolute Gasteiger partial charge is 0.249 e. The van der Waals surface area contributed by atoms with Gasteiger partial charge in [0.1, 0.15) is 6.33 Å². The summed E-state index contributed by atoms with van der Waals surface area (Å²) in [7, 11) is 0. The molecule has 0 unspecified atom stereocenters. The van der Waals surface area contributed by atoms with Crippen LogP contribution in [0.2, 0.25) is 0 Å². The monoisotopic (exact) mass is 314 g/mol. The number of benzene rings is 1. The fourth-order valence-corrected chi connectivity index (χ4v) is 3.20. The molecule has 1 amide bonds. The number of nitrogens with one attached hydrogen (secondary N) is 1. The first-order chi connectivity index (χ1) is 11.3. The van der Waals surface area contributed by atoms with E-state index >= 15 is 0 Å². The number of hydrogen-bond acceptors (Lipinski definition) is 5. The molecular formula is C16H22N6O. The standard InChI is InChI=1S/C16H22N6O/c1-2-21-10-6-9-14(21)11-17-16(23)15(22-12-18-19-20-22)13-7-4-3-5-8-13/h3-5,7-8,12,14-15H,2,6,9-11H2,1H3,(H,17,23)/t14-,15-/m1/s1. The number of likely N-dealkylation sites (N-methyl/N-ethyl adjacent to an activating group) is 1. The van der Waals surface area contributed by atoms with Crippen molar-refractivity contribution in [3.8, 4) is 0 Å². The van der Waals surface area contributed by atoms with Crippen molar-refractivity contribution < 1.29 is 4.79 Å². The predicted molar refractivity (Wildman–Crippen MR) is 85.7 cm³/mol. The zero-order valence-electron chi connectivity index (χ0n) is 13.3. The highest BCUT2D eigenvalue weighted by Gasteiger charge is 2.27. The van der Waals surface area contributed by atoms with Crippen LogP contribution in [0.5, 0.6) is 0 Å². The van der Waals surface area contributed by atoms with Gasteiger partial charge in [-0.05, 0) is 41.9 Å². The molecule has 0 radical (unpaired) electrons. The third kappa shape index (κ3) is 3.56. The van der Waals surface area contributed by atoms with Crippen molar-refractivity contribution in [2.75, 3.05) is 19.6 Å². The van der Waals surface area contributed by atoms with Crippen LogP contribution in [-0.4, -0.2) is 56.7 Å². The summed E-state index contributed by atoms with van der Waals surface area (Å²) in [5.41, 5.74) is 0.871. The molecule has 2 atom stereocenters. The van der Waals surface area contributed by atoms with Gasteiger partial charge in [-0.15, -0.1) is 5.10 Å². The minimum Gasteiger partial charge on any atom is -0.352 e. The summed E-state index contributed by atoms with van der Waals surface area (Å²) in [6.07, 6.45) is 3.81. The molecule has 0 aliphatic carbocycles. The Balaban J connectivity index is 1.71. The molecule has 1 fully saturated rings. The molecule has 1 aromatic carbocycles. The van der Waals surface area contributed by atoms with Crippen LogP contribution < -0.4 is 5.32 Å². The predicted octanol–water partition coefficient (Wildman–Crippen LogP) is 0.863. The van der Waals surface area contributed by atoms with Gasteiger partial charge in [0.2, 0.25) is 5.91 Å². The highest BCUT2D eigenvalue weighted by atomic mass is 16.2. The lowest BCUT2D eigenvalue weighted by Crippen LogP contribution is -2.42. The fourth-order valence-electron chi connectivity index (χ4n) is 3.20. The minimum atomic E-state index is -0.539. The van der Waals surface area contributed by atoms with Gasteiger partial charge < -0.3 is 5.32 Å². The van der Waals surface area contributed by atoms with E-state index in [9.17, 15) is 4.79 Å². The molecule has 0 spiro atoms. The maximum Gasteiger partial charge on any atom is 0.249 e. The Morgan fingerprint density at radius 3 is 2.91 bits per heavy atom. The van der Waals surface area contributed by atoms with Gasteiger partial charge in [0.15, 0.2) is 6.04 Å². The average molecular weight is 314 g/mol. The summed E-state index contributed by atoms with van der Waals surface area (Å²) in [5.74, 6) is -0.0774. The number of hydrogen-bond donors (Lipinski definition) is 1. The number of nitrogens with zero attached hydrogens (tertiary/aromatic N) is 5. The third-order valence-electron chi connectivity index (χ3n) is 4.41. The lowest BCUT2D eigenvalue weighted by Gasteiger charge is -2.24. The first-order valence-corrected chi connectivity index (χ1v) is 8.08. The molecule has 23 heavy (non-hydrogen) atoms. The third-order valence-corrected chi connectivity index (χ3v) is 4.41. The van der Waals surface area contributed by atoms with Gasteiger partial charge in [-0.25, -0.2) is 4.68 Å². The Hall–Kier alpha value is -2.28. The van der Waals surface area contributed by atoms with E-state index in [0.717, 1.165) is 25.1 Å². The lowest BCUT2D eigenvalue weighted by molar-refractivity contribution is -0.123. The Morgan fingerprint density at radius 1 is 1.39 bits per heavy atom. The average Bonchev–Trinajstić information content (AvgIpc) is 3.25. The van der Waals surface area contributed by atoms with Crippen LogP contribution in [0.3, 0.4) is 0 Å². The normalized spacial score (nSPS) is 19.6. The zero-order valence-corrected chi connectivity index (χ0v) is 13.3. The Bertz CT molecular complexity index is 615. The first kappa shape index (κ1) is 15.6. The number of amides is 1. The highest BCUT2D eigenvalue weighted by molar-refractivity contribution is 5.83. The maximum atomic E-state index is 12.7. The minimum absolute atomic E-state index is 0.0774. The molecule has 0 saturated carbocycles. The summed E-state index contributed by atoms with van der Waals surface area (Å²) in [6, 6.07) is 9.47. The van der Waals surface area contributed by atoms with Crippen molar-refractivity contribution in [2.45, 2.75) is 31.8 Å². The SMILES string of the molecule is CCN1CCC[C@@H]1CNC(=O)[C@@H](c1ccccc1)n1cnnn1. The molecular weight excluding hydrogens is 292 g/mol. The summed E-state index contributed by atoms with van der Waals surface area (Å²) >= 11 is 0. The van der Waals surface area contributed by atoms with E-state index in [0.29, 0.717) is 12.6 Å². The second-order valence-corrected chi connectivity index (χ2v) is 5.77. The largest absolute Gasteiger partial charge is 0.352 e. The van der Waals surface area contributed by atoms with Crippen molar-refractivity contribution >= 4 is 5.91 Å². The van der Waals surface area contributed by atoms with Crippen LogP contribution >= 0.6 is 0 Å². The van der Waals surface area contributed by atoms with Crippen LogP contribution in [0.1, 0.15) is 31.4 Å². The Kier molecular flexibility index (Phi) is 4.97. The molecule has 1 N–H and O–H groups in total. The molecule has 1 aliphatic heterocycles. The van der Waals surface area contributed by atoms with Gasteiger partial charge in [-0.2, -0.15) is 0 Å². The molecule has 7 nitrogen and oxygen atoms in total. The van der Waals surface area contributed by atoms with Gasteiger partial charge in [0.05, 0.1) is 0 Å². The Morgan fingerprint density at radius 2 is 2.22 bits per heavy atom. The molecule has 3 rings (SSSR count). The molecule has 2 aromatic rings. The second-order valence-electron chi connectivity index (χ2n) is 5.77. The van der Waals surface area contributed by atoms with E-state index in [-0.39, 0.29) is 5.91 Å². The molecule has 1 aliphatic rings. The maximum absolute atomic E-state index is 12.7. The summed E-state index contributed by atoms with van der Waals surface area (Å²) in [5, 5.41) is 14.3. The van der Waals surface area contributed by atoms with Crippen molar-refractivity contribution in [3.63, 3.8) is 0 Å². The van der Waals surface area contributed by atoms with Gasteiger partial charge in [-0.3, -0.25) is 9.69 Å². The van der Waals surface area contributed by atoms with Gasteiger partial charge in [-0.1, -0.05) is 37.3 Å². The number of rotatable bonds is 6. The number of carbonyl (C=O) groups excluding carboxylic acids is 1. The number of aromatic nitrogens is 4. The summed E-state index contributed by atoms with van der Waals surface area (Å²) in [6.45, 7) is 4.97. The van der Waals surface area contributed by atoms with E-state index in [1.165, 1.54) is 17.4 Å². The van der Waals surface area contributed by atoms with Crippen LogP contribution in [0.15, 0.2) is 36.7 Å². The van der Waals surface area contributed by atoms with Crippen LogP contribution in [0.25, 0.3) is 0 Å². The fraction of sp³-hybridized carbons (Fsp3) is 0.500. The van der Waals surface area contributed by atoms with Gasteiger partial charge in [0.25, 0.3) is 0 Å². The lowest BCUT2D eigenvalue weighted by atomic mass is 10.1. The number of tetrazole rings is 1. The molecule has 0 bridgehead atoms. The van der Waals surface area contributed by atoms with Crippen LogP contribution in [-0.2, 0) is 4.79 Å². The highest BCUT2D eigenvalue weighted by Crippen LogP contribution is 2.18. The molecule has 1 saturated heterocycles. The quantitative estimate of drug-likeness (QED) is 0.856. The number of likely N-dealkylation sites (tertiary alicyclic amines) is 1. The van der Waals surface area contributed by atoms with E-state index < -0.39 is 6.04 Å². The topological polar surface area (TPSA) is 75.9 Å². The summed E-state index contributed by atoms with van der Waals surface area (Å²) in [4.78, 5) is 15.2. The van der Waals surface area contributed by atoms with Crippen LogP contribution in [0, 0.1) is 0 Å². The molecule has 7 heteroatoms. The molecule has 122 valence electrons. The Labute approximate surface area is 135 Å². The van der Waals surface area contributed by atoms with Gasteiger partial charge >= 0.3 is 0 Å². The van der Waals surface area contributed by atoms with Crippen molar-refractivity contribution in [1.82, 2.24) is 30.4 Å². The first-order valence-electron chi connectivity index (χ1n) is 8.08. The van der Waals surface area contributed by atoms with E-state index in [1.807, 2.05) is 30.3 Å². The van der Waals surface area contributed by atoms with E-state index in [2.05, 4.69) is 32.7 Å². The van der Waals surface area contributed by atoms with Gasteiger partial charge in [0, 0.05) is 12.6 Å². The van der Waals surface area contributed by atoms with Crippen molar-refractivity contribution in [2.24, 2.45) is 0 Å². The number of carbonyl (C=O) groups is 1. The second kappa shape index (κ2) is 7.32. The van der Waals surface area contributed by atoms with E-state index in [1.54, 1.807) is 0 Å².